The molecule has 8 nitrogen and oxygen atoms in total. The summed E-state index contributed by atoms with van der Waals surface area (Å²) in [6.45, 7) is 3.87. The molecule has 2 aliphatic heterocycles. The third kappa shape index (κ3) is 6.72. The Labute approximate surface area is 254 Å². The quantitative estimate of drug-likeness (QED) is 0.352. The highest BCUT2D eigenvalue weighted by atomic mass is 35.5. The van der Waals surface area contributed by atoms with E-state index in [1.54, 1.807) is 28.4 Å². The van der Waals surface area contributed by atoms with E-state index in [4.69, 9.17) is 18.9 Å². The Bertz CT molecular complexity index is 1380. The predicted octanol–water partition coefficient (Wildman–Crippen LogP) is 5.00. The Balaban J connectivity index is 0.00000405. The van der Waals surface area contributed by atoms with E-state index in [0.717, 1.165) is 67.2 Å². The summed E-state index contributed by atoms with van der Waals surface area (Å²) in [4.78, 5) is 17.8. The van der Waals surface area contributed by atoms with Crippen LogP contribution in [0.2, 0.25) is 0 Å². The van der Waals surface area contributed by atoms with Gasteiger partial charge in [-0.3, -0.25) is 4.79 Å². The second kappa shape index (κ2) is 14.3. The molecule has 0 saturated carbocycles. The molecule has 0 aliphatic carbocycles. The summed E-state index contributed by atoms with van der Waals surface area (Å²) in [6.07, 6.45) is 4.17. The molecule has 1 saturated heterocycles. The molecule has 3 aromatic rings. The number of nitrogens with zero attached hydrogens (tertiary/aromatic N) is 2. The van der Waals surface area contributed by atoms with Gasteiger partial charge in [0.05, 0.1) is 34.5 Å². The van der Waals surface area contributed by atoms with Gasteiger partial charge in [0.15, 0.2) is 23.0 Å². The normalized spacial score (nSPS) is 18.1. The Morgan fingerprint density at radius 1 is 0.905 bits per heavy atom. The topological polar surface area (TPSA) is 80.7 Å². The Morgan fingerprint density at radius 2 is 1.67 bits per heavy atom. The summed E-state index contributed by atoms with van der Waals surface area (Å²) >= 11 is 0. The van der Waals surface area contributed by atoms with Crippen LogP contribution in [0, 0.1) is 5.92 Å². The number of halogens is 1. The van der Waals surface area contributed by atoms with Crippen LogP contribution < -0.4 is 18.9 Å². The van der Waals surface area contributed by atoms with Gasteiger partial charge in [-0.15, -0.1) is 12.4 Å². The highest BCUT2D eigenvalue weighted by Crippen LogP contribution is 2.37. The van der Waals surface area contributed by atoms with Crippen LogP contribution >= 0.6 is 12.4 Å². The van der Waals surface area contributed by atoms with Gasteiger partial charge in [-0.1, -0.05) is 30.7 Å². The number of fused-ring (bicyclic) bond motifs is 2. The molecule has 2 unspecified atom stereocenters. The van der Waals surface area contributed by atoms with Crippen molar-refractivity contribution in [3.8, 4) is 23.0 Å². The monoisotopic (exact) mass is 598 g/mol. The van der Waals surface area contributed by atoms with Crippen LogP contribution in [-0.4, -0.2) is 88.1 Å². The van der Waals surface area contributed by atoms with Gasteiger partial charge in [0.1, 0.15) is 0 Å². The molecule has 1 N–H and O–H groups in total. The Hall–Kier alpha value is -3.20. The molecule has 9 heteroatoms. The van der Waals surface area contributed by atoms with Crippen LogP contribution in [0.15, 0.2) is 42.5 Å². The molecule has 2 atom stereocenters. The number of rotatable bonds is 10. The maximum atomic E-state index is 13.5. The van der Waals surface area contributed by atoms with Crippen molar-refractivity contribution in [3.63, 3.8) is 0 Å². The number of aliphatic hydroxyl groups is 1. The second-order valence-electron chi connectivity index (χ2n) is 11.2. The number of hydrogen-bond donors (Lipinski definition) is 1. The van der Waals surface area contributed by atoms with Gasteiger partial charge in [0, 0.05) is 43.5 Å². The van der Waals surface area contributed by atoms with Crippen molar-refractivity contribution in [2.45, 2.75) is 38.2 Å². The maximum Gasteiger partial charge on any atom is 0.254 e. The van der Waals surface area contributed by atoms with Gasteiger partial charge >= 0.3 is 0 Å². The first-order chi connectivity index (χ1) is 19.9. The first-order valence-electron chi connectivity index (χ1n) is 14.5. The molecule has 1 amide bonds. The van der Waals surface area contributed by atoms with Crippen molar-refractivity contribution in [1.29, 1.82) is 0 Å². The van der Waals surface area contributed by atoms with E-state index < -0.39 is 6.10 Å². The summed E-state index contributed by atoms with van der Waals surface area (Å²) in [7, 11) is 6.50. The molecule has 2 aliphatic rings. The van der Waals surface area contributed by atoms with Crippen molar-refractivity contribution in [1.82, 2.24) is 9.80 Å². The lowest BCUT2D eigenvalue weighted by Crippen LogP contribution is -2.44. The first-order valence-corrected chi connectivity index (χ1v) is 14.5. The zero-order valence-corrected chi connectivity index (χ0v) is 25.9. The lowest BCUT2D eigenvalue weighted by molar-refractivity contribution is 0.0672. The summed E-state index contributed by atoms with van der Waals surface area (Å²) in [5.41, 5.74) is 2.81. The van der Waals surface area contributed by atoms with Gasteiger partial charge in [-0.05, 0) is 66.4 Å². The van der Waals surface area contributed by atoms with E-state index in [-0.39, 0.29) is 18.3 Å². The lowest BCUT2D eigenvalue weighted by Gasteiger charge is -2.33. The largest absolute Gasteiger partial charge is 0.493 e. The molecule has 0 aromatic heterocycles. The number of likely N-dealkylation sites (tertiary alicyclic amines) is 1. The summed E-state index contributed by atoms with van der Waals surface area (Å²) in [5.74, 6) is 3.08. The van der Waals surface area contributed by atoms with E-state index in [0.29, 0.717) is 54.0 Å². The van der Waals surface area contributed by atoms with Crippen LogP contribution in [0.4, 0.5) is 0 Å². The number of benzene rings is 3. The third-order valence-corrected chi connectivity index (χ3v) is 8.52. The van der Waals surface area contributed by atoms with Gasteiger partial charge < -0.3 is 33.9 Å². The molecule has 1 fully saturated rings. The zero-order chi connectivity index (χ0) is 28.9. The molecule has 0 spiro atoms. The fraction of sp³-hybridized carbons (Fsp3) is 0.485. The molecule has 42 heavy (non-hydrogen) atoms. The van der Waals surface area contributed by atoms with Crippen molar-refractivity contribution >= 4 is 29.1 Å². The minimum atomic E-state index is -0.501. The van der Waals surface area contributed by atoms with Crippen molar-refractivity contribution < 1.29 is 28.8 Å². The standard InChI is InChI=1S/C33H42N2O6.ClH/c1-38-29-12-11-26-23(9-7-10-27(26)32(29)41-4)16-25(36)21-34-14-6-5-8-22(19-34)20-35-15-13-24-17-30(39-2)31(40-3)18-28(24)33(35)37;/h7,9-12,17-18,22,25,36H,5-6,8,13-16,19-21H2,1-4H3;1H. The molecule has 5 rings (SSSR count). The van der Waals surface area contributed by atoms with Crippen LogP contribution in [0.5, 0.6) is 23.0 Å². The lowest BCUT2D eigenvalue weighted by atomic mass is 9.95. The van der Waals surface area contributed by atoms with Crippen LogP contribution in [0.3, 0.4) is 0 Å². The molecule has 0 radical (unpaired) electrons. The number of aliphatic hydroxyl groups excluding tert-OH is 1. The number of methoxy groups -OCH3 is 4. The van der Waals surface area contributed by atoms with Gasteiger partial charge in [0.2, 0.25) is 0 Å². The van der Waals surface area contributed by atoms with E-state index in [1.165, 1.54) is 0 Å². The minimum Gasteiger partial charge on any atom is -0.493 e. The fourth-order valence-electron chi connectivity index (χ4n) is 6.51. The molecular weight excluding hydrogens is 556 g/mol. The Morgan fingerprint density at radius 3 is 2.40 bits per heavy atom. The first kappa shape index (κ1) is 31.7. The number of carbonyl (C=O) groups is 1. The maximum absolute atomic E-state index is 13.5. The average Bonchev–Trinajstić information content (AvgIpc) is 3.21. The number of hydrogen-bond acceptors (Lipinski definition) is 7. The SMILES string of the molecule is COc1cc2c(cc1OC)C(=O)N(CC1CCCCN(CC(O)Cc3cccc4c(OC)c(OC)ccc34)C1)CC2.Cl. The minimum absolute atomic E-state index is 0. The predicted molar refractivity (Wildman–Crippen MR) is 167 cm³/mol. The molecular formula is C33H43ClN2O6. The van der Waals surface area contributed by atoms with Crippen LogP contribution in [-0.2, 0) is 12.8 Å². The molecule has 3 aromatic carbocycles. The van der Waals surface area contributed by atoms with Crippen molar-refractivity contribution in [2.75, 3.05) is 61.2 Å². The summed E-state index contributed by atoms with van der Waals surface area (Å²) in [5, 5.41) is 13.2. The molecule has 228 valence electrons. The van der Waals surface area contributed by atoms with E-state index in [9.17, 15) is 9.90 Å². The average molecular weight is 599 g/mol. The van der Waals surface area contributed by atoms with E-state index in [2.05, 4.69) is 11.0 Å². The highest BCUT2D eigenvalue weighted by Gasteiger charge is 2.30. The second-order valence-corrected chi connectivity index (χ2v) is 11.2. The van der Waals surface area contributed by atoms with E-state index in [1.807, 2.05) is 41.3 Å². The van der Waals surface area contributed by atoms with Crippen molar-refractivity contribution in [3.05, 3.63) is 59.2 Å². The van der Waals surface area contributed by atoms with Gasteiger partial charge in [-0.25, -0.2) is 0 Å². The van der Waals surface area contributed by atoms with Crippen LogP contribution in [0.25, 0.3) is 10.8 Å². The fourth-order valence-corrected chi connectivity index (χ4v) is 6.51. The third-order valence-electron chi connectivity index (χ3n) is 8.52. The Kier molecular flexibility index (Phi) is 10.8. The number of amides is 1. The van der Waals surface area contributed by atoms with Gasteiger partial charge in [-0.2, -0.15) is 0 Å². The number of β-amino-alcohol motifs (C(OH)–C–C–N with tert-alkyl or cyclic N) is 1. The van der Waals surface area contributed by atoms with E-state index >= 15 is 0 Å². The molecule has 0 bridgehead atoms. The summed E-state index contributed by atoms with van der Waals surface area (Å²) in [6, 6.07) is 13.8. The summed E-state index contributed by atoms with van der Waals surface area (Å²) < 4.78 is 22.0. The smallest absolute Gasteiger partial charge is 0.254 e. The van der Waals surface area contributed by atoms with Gasteiger partial charge in [0.25, 0.3) is 5.91 Å². The molecule has 2 heterocycles. The highest BCUT2D eigenvalue weighted by molar-refractivity contribution is 5.97. The number of ether oxygens (including phenoxy) is 4. The number of carbonyl (C=O) groups excluding carboxylic acids is 1. The van der Waals surface area contributed by atoms with Crippen molar-refractivity contribution in [2.24, 2.45) is 5.92 Å². The zero-order valence-electron chi connectivity index (χ0n) is 25.1. The van der Waals surface area contributed by atoms with Crippen LogP contribution in [0.1, 0.15) is 40.7 Å².